The first-order valence-corrected chi connectivity index (χ1v) is 7.13. The van der Waals surface area contributed by atoms with Crippen LogP contribution in [0.2, 0.25) is 0 Å². The second-order valence-corrected chi connectivity index (χ2v) is 5.99. The van der Waals surface area contributed by atoms with Gasteiger partial charge in [-0.25, -0.2) is 0 Å². The fourth-order valence-corrected chi connectivity index (χ4v) is 3.07. The van der Waals surface area contributed by atoms with E-state index in [2.05, 4.69) is 43.4 Å². The van der Waals surface area contributed by atoms with Gasteiger partial charge in [0.25, 0.3) is 0 Å². The zero-order valence-electron chi connectivity index (χ0n) is 9.38. The summed E-state index contributed by atoms with van der Waals surface area (Å²) < 4.78 is 1.14. The van der Waals surface area contributed by atoms with Crippen LogP contribution in [0.5, 0.6) is 0 Å². The van der Waals surface area contributed by atoms with E-state index in [0.717, 1.165) is 20.7 Å². The largest absolute Gasteiger partial charge is 0.255 e. The molecular formula is C14H9BrN2S. The van der Waals surface area contributed by atoms with Crippen LogP contribution in [-0.4, -0.2) is 9.97 Å². The summed E-state index contributed by atoms with van der Waals surface area (Å²) in [5.74, 6) is 0. The molecule has 0 saturated carbocycles. The third-order valence-electron chi connectivity index (χ3n) is 2.62. The lowest BCUT2D eigenvalue weighted by molar-refractivity contribution is 1.25. The second-order valence-electron chi connectivity index (χ2n) is 3.75. The molecule has 0 aromatic carbocycles. The number of rotatable bonds is 2. The minimum absolute atomic E-state index is 0.894. The van der Waals surface area contributed by atoms with Crippen molar-refractivity contribution < 1.29 is 0 Å². The van der Waals surface area contributed by atoms with Crippen molar-refractivity contribution in [1.82, 2.24) is 9.97 Å². The summed E-state index contributed by atoms with van der Waals surface area (Å²) >= 11 is 5.25. The van der Waals surface area contributed by atoms with Gasteiger partial charge in [-0.05, 0) is 57.2 Å². The molecule has 0 N–H and O–H groups in total. The first-order valence-electron chi connectivity index (χ1n) is 5.45. The summed E-state index contributed by atoms with van der Waals surface area (Å²) in [6.07, 6.45) is 3.60. The Hall–Kier alpha value is -1.52. The molecule has 0 amide bonds. The minimum Gasteiger partial charge on any atom is -0.255 e. The molecule has 18 heavy (non-hydrogen) atoms. The van der Waals surface area contributed by atoms with E-state index < -0.39 is 0 Å². The van der Waals surface area contributed by atoms with Crippen LogP contribution < -0.4 is 0 Å². The molecule has 2 nitrogen and oxygen atoms in total. The van der Waals surface area contributed by atoms with Crippen molar-refractivity contribution in [2.75, 3.05) is 0 Å². The van der Waals surface area contributed by atoms with Crippen LogP contribution in [0.4, 0.5) is 0 Å². The number of hydrogen-bond acceptors (Lipinski definition) is 3. The lowest BCUT2D eigenvalue weighted by Crippen LogP contribution is -1.87. The van der Waals surface area contributed by atoms with Crippen LogP contribution in [0.25, 0.3) is 22.5 Å². The average Bonchev–Trinajstić information content (AvgIpc) is 2.86. The summed E-state index contributed by atoms with van der Waals surface area (Å²) in [6, 6.07) is 12.0. The Morgan fingerprint density at radius 3 is 2.56 bits per heavy atom. The number of halogens is 1. The van der Waals surface area contributed by atoms with E-state index in [0.29, 0.717) is 0 Å². The maximum absolute atomic E-state index is 4.37. The maximum Gasteiger partial charge on any atom is 0.0892 e. The van der Waals surface area contributed by atoms with E-state index in [4.69, 9.17) is 0 Å². The van der Waals surface area contributed by atoms with Crippen LogP contribution in [0.1, 0.15) is 0 Å². The fourth-order valence-electron chi connectivity index (χ4n) is 1.75. The number of aromatic nitrogens is 2. The van der Waals surface area contributed by atoms with Crippen molar-refractivity contribution in [2.45, 2.75) is 0 Å². The standard InChI is InChI=1S/C14H9BrN2S/c15-14-11(5-8-18-14)10-4-7-17-13(9-10)12-3-1-2-6-16-12/h1-9H. The number of hydrogen-bond donors (Lipinski definition) is 0. The predicted octanol–water partition coefficient (Wildman–Crippen LogP) is 4.63. The zero-order valence-corrected chi connectivity index (χ0v) is 11.8. The van der Waals surface area contributed by atoms with Crippen molar-refractivity contribution >= 4 is 27.3 Å². The Kier molecular flexibility index (Phi) is 3.21. The first-order chi connectivity index (χ1) is 8.84. The number of pyridine rings is 2. The highest BCUT2D eigenvalue weighted by atomic mass is 79.9. The van der Waals surface area contributed by atoms with Crippen molar-refractivity contribution in [3.8, 4) is 22.5 Å². The summed E-state index contributed by atoms with van der Waals surface area (Å²) in [6.45, 7) is 0. The molecule has 0 unspecified atom stereocenters. The summed E-state index contributed by atoms with van der Waals surface area (Å²) in [4.78, 5) is 8.70. The molecule has 0 aliphatic rings. The van der Waals surface area contributed by atoms with Gasteiger partial charge < -0.3 is 0 Å². The lowest BCUT2D eigenvalue weighted by atomic mass is 10.1. The highest BCUT2D eigenvalue weighted by Gasteiger charge is 2.07. The van der Waals surface area contributed by atoms with E-state index in [1.54, 1.807) is 17.5 Å². The molecule has 3 aromatic heterocycles. The molecule has 3 heterocycles. The lowest BCUT2D eigenvalue weighted by Gasteiger charge is -2.03. The Bertz CT molecular complexity index is 664. The first kappa shape index (κ1) is 11.6. The summed E-state index contributed by atoms with van der Waals surface area (Å²) in [7, 11) is 0. The Labute approximate surface area is 117 Å². The van der Waals surface area contributed by atoms with E-state index >= 15 is 0 Å². The van der Waals surface area contributed by atoms with E-state index in [-0.39, 0.29) is 0 Å². The monoisotopic (exact) mass is 316 g/mol. The van der Waals surface area contributed by atoms with Crippen LogP contribution in [0.15, 0.2) is 58.0 Å². The van der Waals surface area contributed by atoms with Gasteiger partial charge in [-0.3, -0.25) is 9.97 Å². The number of thiophene rings is 1. The van der Waals surface area contributed by atoms with Gasteiger partial charge in [0.2, 0.25) is 0 Å². The van der Waals surface area contributed by atoms with Gasteiger partial charge in [0.1, 0.15) is 0 Å². The normalized spacial score (nSPS) is 10.5. The van der Waals surface area contributed by atoms with Gasteiger partial charge in [0.05, 0.1) is 15.2 Å². The third kappa shape index (κ3) is 2.21. The Morgan fingerprint density at radius 1 is 0.944 bits per heavy atom. The Morgan fingerprint density at radius 2 is 1.83 bits per heavy atom. The molecule has 0 radical (unpaired) electrons. The predicted molar refractivity (Wildman–Crippen MR) is 78.5 cm³/mol. The van der Waals surface area contributed by atoms with Gasteiger partial charge >= 0.3 is 0 Å². The molecule has 0 aliphatic heterocycles. The minimum atomic E-state index is 0.894. The molecule has 0 spiro atoms. The SMILES string of the molecule is Brc1sccc1-c1ccnc(-c2ccccn2)c1. The molecular weight excluding hydrogens is 308 g/mol. The van der Waals surface area contributed by atoms with E-state index in [9.17, 15) is 0 Å². The van der Waals surface area contributed by atoms with Gasteiger partial charge in [-0.1, -0.05) is 6.07 Å². The molecule has 88 valence electrons. The topological polar surface area (TPSA) is 25.8 Å². The molecule has 3 aromatic rings. The van der Waals surface area contributed by atoms with Crippen molar-refractivity contribution in [3.63, 3.8) is 0 Å². The van der Waals surface area contributed by atoms with Crippen LogP contribution in [-0.2, 0) is 0 Å². The van der Waals surface area contributed by atoms with Gasteiger partial charge in [-0.2, -0.15) is 0 Å². The molecule has 3 rings (SSSR count). The summed E-state index contributed by atoms with van der Waals surface area (Å²) in [5.41, 5.74) is 4.13. The molecule has 0 fully saturated rings. The van der Waals surface area contributed by atoms with E-state index in [1.807, 2.05) is 30.5 Å². The molecule has 0 bridgehead atoms. The summed E-state index contributed by atoms with van der Waals surface area (Å²) in [5, 5.41) is 2.07. The van der Waals surface area contributed by atoms with E-state index in [1.165, 1.54) is 5.56 Å². The number of nitrogens with zero attached hydrogens (tertiary/aromatic N) is 2. The smallest absolute Gasteiger partial charge is 0.0892 e. The highest BCUT2D eigenvalue weighted by molar-refractivity contribution is 9.11. The second kappa shape index (κ2) is 5.00. The molecule has 4 heteroatoms. The van der Waals surface area contributed by atoms with Crippen molar-refractivity contribution in [3.05, 3.63) is 58.0 Å². The van der Waals surface area contributed by atoms with Crippen molar-refractivity contribution in [1.29, 1.82) is 0 Å². The fraction of sp³-hybridized carbons (Fsp3) is 0. The quantitative estimate of drug-likeness (QED) is 0.688. The van der Waals surface area contributed by atoms with Crippen LogP contribution in [0.3, 0.4) is 0 Å². The van der Waals surface area contributed by atoms with Gasteiger partial charge in [0, 0.05) is 18.0 Å². The average molecular weight is 317 g/mol. The maximum atomic E-state index is 4.37. The zero-order chi connectivity index (χ0) is 12.4. The molecule has 0 aliphatic carbocycles. The molecule has 0 saturated heterocycles. The van der Waals surface area contributed by atoms with Crippen LogP contribution in [0, 0.1) is 0 Å². The van der Waals surface area contributed by atoms with Crippen LogP contribution >= 0.6 is 27.3 Å². The molecule has 0 atom stereocenters. The Balaban J connectivity index is 2.08. The van der Waals surface area contributed by atoms with Crippen molar-refractivity contribution in [2.24, 2.45) is 0 Å². The third-order valence-corrected chi connectivity index (χ3v) is 4.30. The highest BCUT2D eigenvalue weighted by Crippen LogP contribution is 2.33. The van der Waals surface area contributed by atoms with Gasteiger partial charge in [0.15, 0.2) is 0 Å². The van der Waals surface area contributed by atoms with Gasteiger partial charge in [-0.15, -0.1) is 11.3 Å².